The molecular weight excluding hydrogens is 512 g/mol. The molecule has 0 bridgehead atoms. The Kier molecular flexibility index (Phi) is 8.60. The molecule has 9 nitrogen and oxygen atoms in total. The molecule has 0 aliphatic carbocycles. The number of likely N-dealkylation sites (tertiary alicyclic amines) is 1. The van der Waals surface area contributed by atoms with Gasteiger partial charge in [0.1, 0.15) is 11.5 Å². The van der Waals surface area contributed by atoms with Gasteiger partial charge in [-0.25, -0.2) is 0 Å². The van der Waals surface area contributed by atoms with Crippen molar-refractivity contribution in [3.05, 3.63) is 80.9 Å². The predicted octanol–water partition coefficient (Wildman–Crippen LogP) is 3.90. The van der Waals surface area contributed by atoms with Gasteiger partial charge >= 0.3 is 0 Å². The van der Waals surface area contributed by atoms with Crippen LogP contribution >= 0.6 is 0 Å². The Hall–Kier alpha value is -3.98. The summed E-state index contributed by atoms with van der Waals surface area (Å²) in [7, 11) is 1.53. The van der Waals surface area contributed by atoms with Gasteiger partial charge in [0.25, 0.3) is 0 Å². The minimum atomic E-state index is -0.775. The van der Waals surface area contributed by atoms with Crippen LogP contribution in [-0.2, 0) is 24.2 Å². The molecule has 1 saturated heterocycles. The van der Waals surface area contributed by atoms with Crippen LogP contribution in [0.25, 0.3) is 0 Å². The molecule has 1 atom stereocenters. The molecule has 2 aromatic carbocycles. The van der Waals surface area contributed by atoms with Crippen LogP contribution in [0.4, 0.5) is 0 Å². The smallest absolute Gasteiger partial charge is 0.227 e. The molecule has 0 spiro atoms. The molecule has 2 aliphatic heterocycles. The molecule has 3 N–H and O–H groups in total. The molecule has 0 saturated carbocycles. The second kappa shape index (κ2) is 12.5. The number of hydrogen-bond donors (Lipinski definition) is 2. The zero-order valence-corrected chi connectivity index (χ0v) is 22.8. The largest absolute Gasteiger partial charge is 0.502 e. The van der Waals surface area contributed by atoms with Gasteiger partial charge in [-0.15, -0.1) is 0 Å². The van der Waals surface area contributed by atoms with Crippen molar-refractivity contribution in [3.8, 4) is 23.0 Å². The molecule has 9 heteroatoms. The third-order valence-electron chi connectivity index (χ3n) is 7.54. The first-order valence-corrected chi connectivity index (χ1v) is 13.8. The van der Waals surface area contributed by atoms with E-state index in [-0.39, 0.29) is 12.2 Å². The number of carbonyl (C=O) groups excluding carboxylic acids is 1. The minimum absolute atomic E-state index is 0.0228. The lowest BCUT2D eigenvalue weighted by molar-refractivity contribution is -0.118. The lowest BCUT2D eigenvalue weighted by Gasteiger charge is -2.26. The minimum Gasteiger partial charge on any atom is -0.502 e. The topological polar surface area (TPSA) is 124 Å². The Morgan fingerprint density at radius 1 is 1.10 bits per heavy atom. The number of nitrogens with zero attached hydrogens (tertiary/aromatic N) is 1. The average Bonchev–Trinajstić information content (AvgIpc) is 3.42. The van der Waals surface area contributed by atoms with Crippen LogP contribution in [0, 0.1) is 0 Å². The molecule has 0 radical (unpaired) electrons. The number of primary amides is 1. The normalized spacial score (nSPS) is 15.7. The summed E-state index contributed by atoms with van der Waals surface area (Å²) in [6, 6.07) is 12.8. The van der Waals surface area contributed by atoms with Gasteiger partial charge in [0.05, 0.1) is 32.8 Å². The number of methoxy groups -OCH3 is 1. The Morgan fingerprint density at radius 2 is 1.93 bits per heavy atom. The second-order valence-corrected chi connectivity index (χ2v) is 10.4. The highest BCUT2D eigenvalue weighted by atomic mass is 16.5. The summed E-state index contributed by atoms with van der Waals surface area (Å²) < 4.78 is 23.3. The standard InChI is InChI=1S/C31H36N2O7/c1-37-28-16-21(6-8-27(28)39-13-9-20-5-7-26-22(15-20)10-14-38-26)24(18-29(32)35)31-30(36)25(34)17-23(40-31)19-33-11-3-2-4-12-33/h5-8,15-17,24,36H,2-4,9-14,18-19H2,1H3,(H2,32,35). The van der Waals surface area contributed by atoms with E-state index in [0.29, 0.717) is 42.4 Å². The fourth-order valence-electron chi connectivity index (χ4n) is 5.46. The van der Waals surface area contributed by atoms with E-state index < -0.39 is 23.0 Å². The zero-order valence-electron chi connectivity index (χ0n) is 22.8. The van der Waals surface area contributed by atoms with Crippen molar-refractivity contribution < 1.29 is 28.5 Å². The monoisotopic (exact) mass is 548 g/mol. The van der Waals surface area contributed by atoms with E-state index in [1.165, 1.54) is 25.2 Å². The summed E-state index contributed by atoms with van der Waals surface area (Å²) in [4.78, 5) is 27.0. The average molecular weight is 549 g/mol. The molecule has 3 heterocycles. The summed E-state index contributed by atoms with van der Waals surface area (Å²) >= 11 is 0. The summed E-state index contributed by atoms with van der Waals surface area (Å²) in [5.41, 5.74) is 8.03. The highest BCUT2D eigenvalue weighted by Gasteiger charge is 2.27. The van der Waals surface area contributed by atoms with Crippen molar-refractivity contribution >= 4 is 5.91 Å². The van der Waals surface area contributed by atoms with Crippen LogP contribution in [0.15, 0.2) is 51.7 Å². The maximum absolute atomic E-state index is 12.7. The van der Waals surface area contributed by atoms with Gasteiger partial charge in [-0.05, 0) is 60.8 Å². The van der Waals surface area contributed by atoms with Gasteiger partial charge in [0.15, 0.2) is 17.3 Å². The zero-order chi connectivity index (χ0) is 28.1. The van der Waals surface area contributed by atoms with E-state index in [2.05, 4.69) is 11.0 Å². The Labute approximate surface area is 233 Å². The molecule has 1 aromatic heterocycles. The van der Waals surface area contributed by atoms with Crippen LogP contribution in [0.2, 0.25) is 0 Å². The highest BCUT2D eigenvalue weighted by Crippen LogP contribution is 2.38. The number of amides is 1. The van der Waals surface area contributed by atoms with Crippen LogP contribution in [0.5, 0.6) is 23.0 Å². The van der Waals surface area contributed by atoms with Crippen LogP contribution < -0.4 is 25.4 Å². The summed E-state index contributed by atoms with van der Waals surface area (Å²) in [5.74, 6) is 0.530. The molecule has 1 unspecified atom stereocenters. The number of hydrogen-bond acceptors (Lipinski definition) is 8. The number of benzene rings is 2. The SMILES string of the molecule is COc1cc(C(CC(N)=O)c2oc(CN3CCCCC3)cc(=O)c2O)ccc1OCCc1ccc2c(c1)CCO2. The number of carbonyl (C=O) groups is 1. The third kappa shape index (κ3) is 6.42. The van der Waals surface area contributed by atoms with Crippen molar-refractivity contribution in [1.29, 1.82) is 0 Å². The van der Waals surface area contributed by atoms with E-state index in [4.69, 9.17) is 24.4 Å². The lowest BCUT2D eigenvalue weighted by atomic mass is 9.91. The summed E-state index contributed by atoms with van der Waals surface area (Å²) in [5, 5.41) is 10.7. The highest BCUT2D eigenvalue weighted by molar-refractivity contribution is 5.75. The van der Waals surface area contributed by atoms with Crippen LogP contribution in [-0.4, -0.2) is 49.3 Å². The van der Waals surface area contributed by atoms with Crippen molar-refractivity contribution in [2.24, 2.45) is 5.73 Å². The van der Waals surface area contributed by atoms with Gasteiger partial charge in [0.2, 0.25) is 17.1 Å². The lowest BCUT2D eigenvalue weighted by Crippen LogP contribution is -2.29. The van der Waals surface area contributed by atoms with Gasteiger partial charge < -0.3 is 29.5 Å². The van der Waals surface area contributed by atoms with Gasteiger partial charge in [-0.1, -0.05) is 24.6 Å². The molecule has 2 aliphatic rings. The predicted molar refractivity (Wildman–Crippen MR) is 149 cm³/mol. The first-order valence-electron chi connectivity index (χ1n) is 13.8. The first-order chi connectivity index (χ1) is 19.4. The van der Waals surface area contributed by atoms with Gasteiger partial charge in [0, 0.05) is 25.3 Å². The van der Waals surface area contributed by atoms with Crippen LogP contribution in [0.1, 0.15) is 59.8 Å². The summed E-state index contributed by atoms with van der Waals surface area (Å²) in [6.07, 6.45) is 4.85. The number of piperidine rings is 1. The van der Waals surface area contributed by atoms with E-state index in [1.807, 2.05) is 12.1 Å². The number of fused-ring (bicyclic) bond motifs is 1. The number of nitrogens with two attached hydrogens (primary N) is 1. The molecule has 1 fully saturated rings. The van der Waals surface area contributed by atoms with Crippen molar-refractivity contribution in [2.75, 3.05) is 33.4 Å². The van der Waals surface area contributed by atoms with E-state index in [0.717, 1.165) is 50.3 Å². The fourth-order valence-corrected chi connectivity index (χ4v) is 5.46. The van der Waals surface area contributed by atoms with Gasteiger partial charge in [-0.2, -0.15) is 0 Å². The Balaban J connectivity index is 1.36. The van der Waals surface area contributed by atoms with Crippen molar-refractivity contribution in [1.82, 2.24) is 4.90 Å². The molecular formula is C31H36N2O7. The van der Waals surface area contributed by atoms with E-state index in [1.54, 1.807) is 18.2 Å². The quantitative estimate of drug-likeness (QED) is 0.370. The Bertz CT molecular complexity index is 1410. The van der Waals surface area contributed by atoms with Crippen LogP contribution in [0.3, 0.4) is 0 Å². The number of aromatic hydroxyl groups is 1. The number of ether oxygens (including phenoxy) is 3. The van der Waals surface area contributed by atoms with E-state index >= 15 is 0 Å². The molecule has 40 heavy (non-hydrogen) atoms. The molecule has 5 rings (SSSR count). The maximum Gasteiger partial charge on any atom is 0.227 e. The van der Waals surface area contributed by atoms with Gasteiger partial charge in [-0.3, -0.25) is 14.5 Å². The van der Waals surface area contributed by atoms with Crippen molar-refractivity contribution in [3.63, 3.8) is 0 Å². The maximum atomic E-state index is 12.7. The third-order valence-corrected chi connectivity index (χ3v) is 7.54. The molecule has 212 valence electrons. The molecule has 3 aromatic rings. The van der Waals surface area contributed by atoms with Crippen molar-refractivity contribution in [2.45, 2.75) is 51.0 Å². The second-order valence-electron chi connectivity index (χ2n) is 10.4. The Morgan fingerprint density at radius 3 is 2.70 bits per heavy atom. The summed E-state index contributed by atoms with van der Waals surface area (Å²) in [6.45, 7) is 3.46. The first kappa shape index (κ1) is 27.6. The van der Waals surface area contributed by atoms with E-state index in [9.17, 15) is 14.7 Å². The molecule has 1 amide bonds. The number of rotatable bonds is 11. The fraction of sp³-hybridized carbons (Fsp3) is 0.419.